The van der Waals surface area contributed by atoms with Crippen molar-refractivity contribution in [3.63, 3.8) is 0 Å². The molecule has 0 bridgehead atoms. The Bertz CT molecular complexity index is 1160. The molecule has 4 heterocycles. The lowest BCUT2D eigenvalue weighted by molar-refractivity contribution is -0.137. The van der Waals surface area contributed by atoms with Crippen molar-refractivity contribution in [3.8, 4) is 11.3 Å². The van der Waals surface area contributed by atoms with E-state index in [1.807, 2.05) is 38.1 Å². The molecular formula is C25H33N7O. The molecule has 1 amide bonds. The summed E-state index contributed by atoms with van der Waals surface area (Å²) in [6.45, 7) is 5.26. The molecule has 0 unspecified atom stereocenters. The van der Waals surface area contributed by atoms with Gasteiger partial charge in [-0.2, -0.15) is 5.10 Å². The largest absolute Gasteiger partial charge is 0.367 e. The molecule has 1 aliphatic carbocycles. The summed E-state index contributed by atoms with van der Waals surface area (Å²) >= 11 is 0. The summed E-state index contributed by atoms with van der Waals surface area (Å²) < 4.78 is 1.84. The number of H-pyrrole nitrogens is 1. The van der Waals surface area contributed by atoms with E-state index in [1.54, 1.807) is 0 Å². The highest BCUT2D eigenvalue weighted by molar-refractivity contribution is 5.94. The smallest absolute Gasteiger partial charge is 0.225 e. The SMILES string of the molecule is CN=CC1CCC(C(=O)N2CCN(c3ccnc4[nH]c(-c5cn(C)nc5C)cc34)CC2)CC1. The zero-order valence-electron chi connectivity index (χ0n) is 19.8. The van der Waals surface area contributed by atoms with Crippen molar-refractivity contribution in [1.29, 1.82) is 0 Å². The number of pyridine rings is 1. The Hall–Kier alpha value is -3.16. The van der Waals surface area contributed by atoms with Crippen LogP contribution in [0.5, 0.6) is 0 Å². The molecule has 0 atom stereocenters. The van der Waals surface area contributed by atoms with Crippen LogP contribution in [0.2, 0.25) is 0 Å². The second-order valence-electron chi connectivity index (χ2n) is 9.41. The monoisotopic (exact) mass is 447 g/mol. The summed E-state index contributed by atoms with van der Waals surface area (Å²) in [5.41, 5.74) is 5.19. The van der Waals surface area contributed by atoms with Crippen LogP contribution in [0.15, 0.2) is 29.5 Å². The molecule has 5 rings (SSSR count). The van der Waals surface area contributed by atoms with Crippen LogP contribution in [0.1, 0.15) is 31.4 Å². The van der Waals surface area contributed by atoms with Gasteiger partial charge in [0, 0.05) is 81.4 Å². The fraction of sp³-hybridized carbons (Fsp3) is 0.520. The van der Waals surface area contributed by atoms with Crippen molar-refractivity contribution in [2.75, 3.05) is 38.1 Å². The minimum atomic E-state index is 0.181. The highest BCUT2D eigenvalue weighted by Gasteiger charge is 2.31. The lowest BCUT2D eigenvalue weighted by Crippen LogP contribution is -2.50. The number of nitrogens with zero attached hydrogens (tertiary/aromatic N) is 6. The Morgan fingerprint density at radius 3 is 2.61 bits per heavy atom. The van der Waals surface area contributed by atoms with Crippen molar-refractivity contribution in [2.24, 2.45) is 23.9 Å². The van der Waals surface area contributed by atoms with E-state index in [9.17, 15) is 4.79 Å². The first kappa shape index (κ1) is 21.7. The van der Waals surface area contributed by atoms with E-state index in [4.69, 9.17) is 0 Å². The third-order valence-electron chi connectivity index (χ3n) is 7.23. The summed E-state index contributed by atoms with van der Waals surface area (Å²) in [6.07, 6.45) is 10.1. The standard InChI is InChI=1S/C25H33N7O/c1-17-21(16-30(3)29-17)22-14-20-23(8-9-27-24(20)28-22)31-10-12-32(13-11-31)25(33)19-6-4-18(5-7-19)15-26-2/h8-9,14-16,18-19H,4-7,10-13H2,1-3H3,(H,27,28). The number of nitrogens with one attached hydrogen (secondary N) is 1. The van der Waals surface area contributed by atoms with Gasteiger partial charge in [0.2, 0.25) is 5.91 Å². The number of hydrogen-bond donors (Lipinski definition) is 1. The summed E-state index contributed by atoms with van der Waals surface area (Å²) in [7, 11) is 3.77. The number of aliphatic imine (C=N–C) groups is 1. The van der Waals surface area contributed by atoms with Crippen LogP contribution >= 0.6 is 0 Å². The molecule has 0 aromatic carbocycles. The van der Waals surface area contributed by atoms with Crippen molar-refractivity contribution in [3.05, 3.63) is 30.2 Å². The number of piperazine rings is 1. The van der Waals surface area contributed by atoms with E-state index >= 15 is 0 Å². The van der Waals surface area contributed by atoms with Crippen LogP contribution in [-0.2, 0) is 11.8 Å². The maximum Gasteiger partial charge on any atom is 0.225 e. The Kier molecular flexibility index (Phi) is 5.91. The minimum Gasteiger partial charge on any atom is -0.367 e. The minimum absolute atomic E-state index is 0.181. The van der Waals surface area contributed by atoms with Gasteiger partial charge in [0.25, 0.3) is 0 Å². The predicted molar refractivity (Wildman–Crippen MR) is 132 cm³/mol. The van der Waals surface area contributed by atoms with Gasteiger partial charge in [-0.05, 0) is 50.7 Å². The molecule has 0 spiro atoms. The van der Waals surface area contributed by atoms with Crippen LogP contribution in [0, 0.1) is 18.8 Å². The molecule has 2 aliphatic rings. The van der Waals surface area contributed by atoms with E-state index in [-0.39, 0.29) is 5.92 Å². The number of aryl methyl sites for hydroxylation is 2. The first-order chi connectivity index (χ1) is 16.0. The molecule has 8 heteroatoms. The molecule has 174 valence electrons. The summed E-state index contributed by atoms with van der Waals surface area (Å²) in [4.78, 5) is 29.8. The Balaban J connectivity index is 1.27. The average molecular weight is 448 g/mol. The number of hydrogen-bond acceptors (Lipinski definition) is 5. The number of fused-ring (bicyclic) bond motifs is 1. The molecule has 1 saturated carbocycles. The number of rotatable bonds is 4. The molecule has 1 aliphatic heterocycles. The average Bonchev–Trinajstić information content (AvgIpc) is 3.41. The van der Waals surface area contributed by atoms with Gasteiger partial charge in [0.1, 0.15) is 5.65 Å². The first-order valence-electron chi connectivity index (χ1n) is 12.0. The van der Waals surface area contributed by atoms with Gasteiger partial charge in [-0.3, -0.25) is 9.48 Å². The fourth-order valence-electron chi connectivity index (χ4n) is 5.45. The second-order valence-corrected chi connectivity index (χ2v) is 9.41. The van der Waals surface area contributed by atoms with Gasteiger partial charge >= 0.3 is 0 Å². The topological polar surface area (TPSA) is 82.4 Å². The van der Waals surface area contributed by atoms with Gasteiger partial charge in [0.15, 0.2) is 0 Å². The molecular weight excluding hydrogens is 414 g/mol. The Labute approximate surface area is 194 Å². The molecule has 3 aromatic rings. The molecule has 3 aromatic heterocycles. The van der Waals surface area contributed by atoms with Crippen LogP contribution < -0.4 is 4.90 Å². The van der Waals surface area contributed by atoms with Gasteiger partial charge in [-0.1, -0.05) is 0 Å². The maximum atomic E-state index is 13.1. The van der Waals surface area contributed by atoms with E-state index in [0.717, 1.165) is 79.8 Å². The van der Waals surface area contributed by atoms with Crippen LogP contribution in [-0.4, -0.2) is 70.0 Å². The fourth-order valence-corrected chi connectivity index (χ4v) is 5.45. The van der Waals surface area contributed by atoms with Crippen molar-refractivity contribution in [2.45, 2.75) is 32.6 Å². The van der Waals surface area contributed by atoms with Crippen molar-refractivity contribution >= 4 is 28.8 Å². The molecule has 8 nitrogen and oxygen atoms in total. The summed E-state index contributed by atoms with van der Waals surface area (Å²) in [6, 6.07) is 4.27. The molecule has 2 fully saturated rings. The lowest BCUT2D eigenvalue weighted by Gasteiger charge is -2.38. The quantitative estimate of drug-likeness (QED) is 0.621. The molecule has 0 radical (unpaired) electrons. The molecule has 33 heavy (non-hydrogen) atoms. The van der Waals surface area contributed by atoms with Crippen molar-refractivity contribution in [1.82, 2.24) is 24.6 Å². The van der Waals surface area contributed by atoms with E-state index in [2.05, 4.69) is 48.2 Å². The number of aromatic nitrogens is 4. The van der Waals surface area contributed by atoms with Gasteiger partial charge in [0.05, 0.1) is 11.4 Å². The first-order valence-corrected chi connectivity index (χ1v) is 12.0. The number of amides is 1. The second kappa shape index (κ2) is 9.00. The number of carbonyl (C=O) groups is 1. The molecule has 1 saturated heterocycles. The zero-order valence-corrected chi connectivity index (χ0v) is 19.8. The number of anilines is 1. The predicted octanol–water partition coefficient (Wildman–Crippen LogP) is 3.43. The van der Waals surface area contributed by atoms with Crippen LogP contribution in [0.25, 0.3) is 22.3 Å². The highest BCUT2D eigenvalue weighted by atomic mass is 16.2. The number of aromatic amines is 1. The zero-order chi connectivity index (χ0) is 22.9. The van der Waals surface area contributed by atoms with E-state index < -0.39 is 0 Å². The van der Waals surface area contributed by atoms with Crippen molar-refractivity contribution < 1.29 is 4.79 Å². The normalized spacial score (nSPS) is 21.9. The van der Waals surface area contributed by atoms with Gasteiger partial charge < -0.3 is 19.8 Å². The Morgan fingerprint density at radius 2 is 1.94 bits per heavy atom. The third-order valence-corrected chi connectivity index (χ3v) is 7.23. The van der Waals surface area contributed by atoms with E-state index in [1.165, 1.54) is 5.69 Å². The van der Waals surface area contributed by atoms with E-state index in [0.29, 0.717) is 11.8 Å². The van der Waals surface area contributed by atoms with Gasteiger partial charge in [-0.25, -0.2) is 4.98 Å². The number of carbonyl (C=O) groups excluding carboxylic acids is 1. The summed E-state index contributed by atoms with van der Waals surface area (Å²) in [5.74, 6) is 1.07. The maximum absolute atomic E-state index is 13.1. The highest BCUT2D eigenvalue weighted by Crippen LogP contribution is 2.33. The van der Waals surface area contributed by atoms with Gasteiger partial charge in [-0.15, -0.1) is 0 Å². The Morgan fingerprint density at radius 1 is 1.18 bits per heavy atom. The van der Waals surface area contributed by atoms with Crippen LogP contribution in [0.3, 0.4) is 0 Å². The molecule has 1 N–H and O–H groups in total. The lowest BCUT2D eigenvalue weighted by atomic mass is 9.82. The third kappa shape index (κ3) is 4.26. The summed E-state index contributed by atoms with van der Waals surface area (Å²) in [5, 5.41) is 5.59. The van der Waals surface area contributed by atoms with Crippen LogP contribution in [0.4, 0.5) is 5.69 Å².